The number of benzene rings is 2. The molecule has 2 aromatic rings. The summed E-state index contributed by atoms with van der Waals surface area (Å²) in [6.07, 6.45) is 1.49. The molecule has 5 heteroatoms. The van der Waals surface area contributed by atoms with Gasteiger partial charge in [-0.3, -0.25) is 9.59 Å². The van der Waals surface area contributed by atoms with Gasteiger partial charge in [0.25, 0.3) is 0 Å². The Morgan fingerprint density at radius 3 is 1.80 bits per heavy atom. The minimum absolute atomic E-state index is 0.00798. The van der Waals surface area contributed by atoms with Crippen LogP contribution < -0.4 is 16.4 Å². The van der Waals surface area contributed by atoms with Crippen molar-refractivity contribution >= 4 is 11.8 Å². The molecule has 2 amide bonds. The van der Waals surface area contributed by atoms with Crippen molar-refractivity contribution in [3.63, 3.8) is 0 Å². The molecule has 0 saturated heterocycles. The van der Waals surface area contributed by atoms with E-state index in [0.29, 0.717) is 13.1 Å². The Labute approximate surface area is 148 Å². The van der Waals surface area contributed by atoms with Gasteiger partial charge in [0.1, 0.15) is 0 Å². The Morgan fingerprint density at radius 2 is 1.28 bits per heavy atom. The Morgan fingerprint density at radius 1 is 0.800 bits per heavy atom. The molecule has 0 aliphatic heterocycles. The van der Waals surface area contributed by atoms with Crippen molar-refractivity contribution < 1.29 is 9.59 Å². The molecule has 0 aliphatic carbocycles. The molecule has 25 heavy (non-hydrogen) atoms. The third-order valence-electron chi connectivity index (χ3n) is 3.88. The minimum atomic E-state index is -0.826. The van der Waals surface area contributed by atoms with Gasteiger partial charge in [-0.1, -0.05) is 60.7 Å². The van der Waals surface area contributed by atoms with E-state index >= 15 is 0 Å². The number of carbonyl (C=O) groups is 2. The van der Waals surface area contributed by atoms with Gasteiger partial charge in [-0.15, -0.1) is 0 Å². The lowest BCUT2D eigenvalue weighted by atomic mass is 10.1. The van der Waals surface area contributed by atoms with E-state index in [-0.39, 0.29) is 18.2 Å². The third-order valence-corrected chi connectivity index (χ3v) is 3.88. The van der Waals surface area contributed by atoms with Crippen molar-refractivity contribution in [3.05, 3.63) is 71.8 Å². The first kappa shape index (κ1) is 18.7. The van der Waals surface area contributed by atoms with Gasteiger partial charge in [0.2, 0.25) is 11.8 Å². The standard InChI is InChI=1S/C20H25N3O2/c21-18(20(25)23-14-12-17-9-5-2-6-10-17)15-19(24)22-13-11-16-7-3-1-4-8-16/h1-10,18H,11-15,21H2,(H,22,24)(H,23,25)/t18-/m0/s1. The fourth-order valence-corrected chi connectivity index (χ4v) is 2.46. The highest BCUT2D eigenvalue weighted by molar-refractivity contribution is 5.88. The summed E-state index contributed by atoms with van der Waals surface area (Å²) in [7, 11) is 0. The van der Waals surface area contributed by atoms with Gasteiger partial charge in [0.15, 0.2) is 0 Å². The molecule has 132 valence electrons. The molecular weight excluding hydrogens is 314 g/mol. The maximum atomic E-state index is 11.9. The summed E-state index contributed by atoms with van der Waals surface area (Å²) >= 11 is 0. The summed E-state index contributed by atoms with van der Waals surface area (Å²) in [5.74, 6) is -0.504. The first-order valence-electron chi connectivity index (χ1n) is 8.53. The monoisotopic (exact) mass is 339 g/mol. The number of carbonyl (C=O) groups excluding carboxylic acids is 2. The van der Waals surface area contributed by atoms with E-state index in [1.165, 1.54) is 0 Å². The van der Waals surface area contributed by atoms with Crippen LogP contribution in [0.3, 0.4) is 0 Å². The number of nitrogens with one attached hydrogen (secondary N) is 2. The van der Waals surface area contributed by atoms with Gasteiger partial charge in [0, 0.05) is 13.1 Å². The zero-order chi connectivity index (χ0) is 17.9. The second-order valence-corrected chi connectivity index (χ2v) is 5.92. The van der Waals surface area contributed by atoms with Crippen molar-refractivity contribution in [2.75, 3.05) is 13.1 Å². The van der Waals surface area contributed by atoms with Gasteiger partial charge in [-0.25, -0.2) is 0 Å². The van der Waals surface area contributed by atoms with E-state index in [9.17, 15) is 9.59 Å². The fourth-order valence-electron chi connectivity index (χ4n) is 2.46. The topological polar surface area (TPSA) is 84.2 Å². The average molecular weight is 339 g/mol. The summed E-state index contributed by atoms with van der Waals surface area (Å²) in [6.45, 7) is 1.04. The molecule has 0 spiro atoms. The van der Waals surface area contributed by atoms with Crippen LogP contribution in [0.1, 0.15) is 17.5 Å². The lowest BCUT2D eigenvalue weighted by Gasteiger charge is -2.12. The molecule has 4 N–H and O–H groups in total. The van der Waals surface area contributed by atoms with Crippen molar-refractivity contribution in [2.45, 2.75) is 25.3 Å². The molecule has 5 nitrogen and oxygen atoms in total. The molecule has 0 unspecified atom stereocenters. The quantitative estimate of drug-likeness (QED) is 0.646. The summed E-state index contributed by atoms with van der Waals surface area (Å²) in [5.41, 5.74) is 8.11. The molecule has 1 atom stereocenters. The Kier molecular flexibility index (Phi) is 7.66. The van der Waals surface area contributed by atoms with Crippen LogP contribution in [-0.4, -0.2) is 30.9 Å². The van der Waals surface area contributed by atoms with E-state index in [1.54, 1.807) is 0 Å². The van der Waals surface area contributed by atoms with Gasteiger partial charge >= 0.3 is 0 Å². The van der Waals surface area contributed by atoms with E-state index in [1.807, 2.05) is 60.7 Å². The summed E-state index contributed by atoms with van der Waals surface area (Å²) in [6, 6.07) is 19.0. The van der Waals surface area contributed by atoms with Crippen LogP contribution in [0.4, 0.5) is 0 Å². The molecule has 0 aliphatic rings. The molecule has 0 aromatic heterocycles. The maximum Gasteiger partial charge on any atom is 0.237 e. The Balaban J connectivity index is 1.61. The maximum absolute atomic E-state index is 11.9. The fraction of sp³-hybridized carbons (Fsp3) is 0.300. The highest BCUT2D eigenvalue weighted by Crippen LogP contribution is 1.99. The minimum Gasteiger partial charge on any atom is -0.356 e. The van der Waals surface area contributed by atoms with Crippen molar-refractivity contribution in [3.8, 4) is 0 Å². The lowest BCUT2D eigenvalue weighted by Crippen LogP contribution is -2.44. The van der Waals surface area contributed by atoms with Crippen molar-refractivity contribution in [1.29, 1.82) is 0 Å². The zero-order valence-corrected chi connectivity index (χ0v) is 14.3. The van der Waals surface area contributed by atoms with Crippen molar-refractivity contribution in [1.82, 2.24) is 10.6 Å². The molecule has 0 heterocycles. The number of amides is 2. The highest BCUT2D eigenvalue weighted by atomic mass is 16.2. The summed E-state index contributed by atoms with van der Waals surface area (Å²) in [5, 5.41) is 5.57. The summed E-state index contributed by atoms with van der Waals surface area (Å²) < 4.78 is 0. The molecule has 0 bridgehead atoms. The number of hydrogen-bond donors (Lipinski definition) is 3. The molecule has 0 saturated carbocycles. The lowest BCUT2D eigenvalue weighted by molar-refractivity contribution is -0.127. The van der Waals surface area contributed by atoms with Gasteiger partial charge in [0.05, 0.1) is 12.5 Å². The largest absolute Gasteiger partial charge is 0.356 e. The van der Waals surface area contributed by atoms with E-state index in [4.69, 9.17) is 5.73 Å². The van der Waals surface area contributed by atoms with Crippen LogP contribution in [0.2, 0.25) is 0 Å². The number of rotatable bonds is 9. The van der Waals surface area contributed by atoms with Crippen molar-refractivity contribution in [2.24, 2.45) is 5.73 Å². The van der Waals surface area contributed by atoms with Crippen LogP contribution in [0.15, 0.2) is 60.7 Å². The zero-order valence-electron chi connectivity index (χ0n) is 14.3. The highest BCUT2D eigenvalue weighted by Gasteiger charge is 2.16. The van der Waals surface area contributed by atoms with Crippen LogP contribution in [-0.2, 0) is 22.4 Å². The van der Waals surface area contributed by atoms with E-state index < -0.39 is 6.04 Å². The summed E-state index contributed by atoms with van der Waals surface area (Å²) in [4.78, 5) is 23.8. The predicted octanol–water partition coefficient (Wildman–Crippen LogP) is 1.42. The molecular formula is C20H25N3O2. The third kappa shape index (κ3) is 7.18. The van der Waals surface area contributed by atoms with Gasteiger partial charge in [-0.05, 0) is 24.0 Å². The van der Waals surface area contributed by atoms with Gasteiger partial charge in [-0.2, -0.15) is 0 Å². The predicted molar refractivity (Wildman–Crippen MR) is 98.9 cm³/mol. The van der Waals surface area contributed by atoms with Crippen LogP contribution >= 0.6 is 0 Å². The first-order chi connectivity index (χ1) is 12.1. The Hall–Kier alpha value is -2.66. The van der Waals surface area contributed by atoms with Crippen LogP contribution in [0.25, 0.3) is 0 Å². The second-order valence-electron chi connectivity index (χ2n) is 5.92. The smallest absolute Gasteiger partial charge is 0.237 e. The van der Waals surface area contributed by atoms with Gasteiger partial charge < -0.3 is 16.4 Å². The van der Waals surface area contributed by atoms with Crippen LogP contribution in [0, 0.1) is 0 Å². The SMILES string of the molecule is N[C@@H](CC(=O)NCCc1ccccc1)C(=O)NCCc1ccccc1. The first-order valence-corrected chi connectivity index (χ1v) is 8.53. The van der Waals surface area contributed by atoms with E-state index in [0.717, 1.165) is 24.0 Å². The second kappa shape index (κ2) is 10.3. The molecule has 0 fully saturated rings. The Bertz CT molecular complexity index is 659. The molecule has 2 aromatic carbocycles. The van der Waals surface area contributed by atoms with Crippen LogP contribution in [0.5, 0.6) is 0 Å². The van der Waals surface area contributed by atoms with E-state index in [2.05, 4.69) is 10.6 Å². The normalized spacial score (nSPS) is 11.6. The molecule has 2 rings (SSSR count). The number of nitrogens with two attached hydrogens (primary N) is 1. The average Bonchev–Trinajstić information content (AvgIpc) is 2.63. The number of hydrogen-bond acceptors (Lipinski definition) is 3. The molecule has 0 radical (unpaired) electrons.